The smallest absolute Gasteiger partial charge is 0.279 e. The van der Waals surface area contributed by atoms with E-state index < -0.39 is 6.04 Å². The van der Waals surface area contributed by atoms with E-state index in [4.69, 9.17) is 0 Å². The molecule has 1 saturated carbocycles. The average Bonchev–Trinajstić information content (AvgIpc) is 3.23. The van der Waals surface area contributed by atoms with Crippen LogP contribution >= 0.6 is 11.3 Å². The van der Waals surface area contributed by atoms with Crippen LogP contribution in [0.4, 0.5) is 0 Å². The van der Waals surface area contributed by atoms with Crippen LogP contribution in [0.2, 0.25) is 0 Å². The molecule has 3 rings (SSSR count). The molecular formula is C19H27N3O3S. The molecule has 142 valence electrons. The lowest BCUT2D eigenvalue weighted by atomic mass is 9.97. The number of hydrogen-bond donors (Lipinski definition) is 3. The van der Waals surface area contributed by atoms with Gasteiger partial charge in [0.1, 0.15) is 6.04 Å². The standard InChI is InChI=1S/C19H27N3O3S/c1-12(23)20-17(13-7-5-6-8-13)19(25)22-21-18(24)16-11-14-9-3-2-4-10-15(14)26-16/h11,13,17H,2-10H2,1H3,(H,20,23)(H,21,24)(H,22,25). The highest BCUT2D eigenvalue weighted by molar-refractivity contribution is 7.14. The van der Waals surface area contributed by atoms with Gasteiger partial charge in [0, 0.05) is 11.8 Å². The van der Waals surface area contributed by atoms with Gasteiger partial charge < -0.3 is 5.32 Å². The number of nitrogens with one attached hydrogen (secondary N) is 3. The summed E-state index contributed by atoms with van der Waals surface area (Å²) in [5.74, 6) is -0.734. The molecule has 3 amide bonds. The highest BCUT2D eigenvalue weighted by Crippen LogP contribution is 2.29. The maximum absolute atomic E-state index is 12.5. The molecule has 1 unspecified atom stereocenters. The van der Waals surface area contributed by atoms with Crippen LogP contribution < -0.4 is 16.2 Å². The third-order valence-corrected chi connectivity index (χ3v) is 6.52. The number of hydrogen-bond acceptors (Lipinski definition) is 4. The number of hydrazine groups is 1. The maximum atomic E-state index is 12.5. The monoisotopic (exact) mass is 377 g/mol. The highest BCUT2D eigenvalue weighted by Gasteiger charge is 2.31. The molecule has 0 aromatic carbocycles. The first-order chi connectivity index (χ1) is 12.5. The lowest BCUT2D eigenvalue weighted by Gasteiger charge is -2.23. The van der Waals surface area contributed by atoms with Crippen LogP contribution in [-0.4, -0.2) is 23.8 Å². The Morgan fingerprint density at radius 3 is 2.50 bits per heavy atom. The quantitative estimate of drug-likeness (QED) is 0.556. The maximum Gasteiger partial charge on any atom is 0.279 e. The van der Waals surface area contributed by atoms with Crippen LogP contribution in [0.15, 0.2) is 6.07 Å². The molecular weight excluding hydrogens is 350 g/mol. The second-order valence-corrected chi connectivity index (χ2v) is 8.42. The van der Waals surface area contributed by atoms with Gasteiger partial charge in [0.05, 0.1) is 4.88 Å². The van der Waals surface area contributed by atoms with Gasteiger partial charge in [0.25, 0.3) is 11.8 Å². The zero-order chi connectivity index (χ0) is 18.5. The molecule has 0 radical (unpaired) electrons. The first kappa shape index (κ1) is 18.9. The summed E-state index contributed by atoms with van der Waals surface area (Å²) in [5.41, 5.74) is 6.30. The zero-order valence-corrected chi connectivity index (χ0v) is 16.0. The summed E-state index contributed by atoms with van der Waals surface area (Å²) in [6, 6.07) is 1.37. The summed E-state index contributed by atoms with van der Waals surface area (Å²) in [7, 11) is 0. The molecule has 0 bridgehead atoms. The van der Waals surface area contributed by atoms with E-state index in [1.807, 2.05) is 6.07 Å². The van der Waals surface area contributed by atoms with Crippen LogP contribution in [0.1, 0.15) is 72.0 Å². The van der Waals surface area contributed by atoms with E-state index in [1.165, 1.54) is 48.0 Å². The molecule has 0 saturated heterocycles. The third kappa shape index (κ3) is 4.63. The molecule has 2 aliphatic rings. The average molecular weight is 378 g/mol. The minimum atomic E-state index is -0.588. The minimum absolute atomic E-state index is 0.133. The van der Waals surface area contributed by atoms with Crippen molar-refractivity contribution in [3.8, 4) is 0 Å². The topological polar surface area (TPSA) is 87.3 Å². The van der Waals surface area contributed by atoms with Crippen molar-refractivity contribution < 1.29 is 14.4 Å². The van der Waals surface area contributed by atoms with E-state index in [0.717, 1.165) is 38.5 Å². The zero-order valence-electron chi connectivity index (χ0n) is 15.2. The molecule has 3 N–H and O–H groups in total. The number of aryl methyl sites for hydroxylation is 2. The second-order valence-electron chi connectivity index (χ2n) is 7.29. The van der Waals surface area contributed by atoms with Crippen LogP contribution in [0.5, 0.6) is 0 Å². The van der Waals surface area contributed by atoms with Crippen molar-refractivity contribution in [1.82, 2.24) is 16.2 Å². The van der Waals surface area contributed by atoms with Crippen molar-refractivity contribution in [3.05, 3.63) is 21.4 Å². The van der Waals surface area contributed by atoms with Crippen molar-refractivity contribution in [2.45, 2.75) is 70.8 Å². The fourth-order valence-electron chi connectivity index (χ4n) is 3.94. The molecule has 6 nitrogen and oxygen atoms in total. The van der Waals surface area contributed by atoms with Crippen molar-refractivity contribution in [1.29, 1.82) is 0 Å². The van der Waals surface area contributed by atoms with Crippen LogP contribution in [-0.2, 0) is 22.4 Å². The van der Waals surface area contributed by atoms with Gasteiger partial charge in [-0.2, -0.15) is 0 Å². The van der Waals surface area contributed by atoms with E-state index in [1.54, 1.807) is 0 Å². The second kappa shape index (κ2) is 8.66. The van der Waals surface area contributed by atoms with E-state index in [-0.39, 0.29) is 23.6 Å². The summed E-state index contributed by atoms with van der Waals surface area (Å²) in [4.78, 5) is 38.3. The van der Waals surface area contributed by atoms with Gasteiger partial charge in [-0.3, -0.25) is 25.2 Å². The van der Waals surface area contributed by atoms with E-state index in [0.29, 0.717) is 4.88 Å². The van der Waals surface area contributed by atoms with Crippen molar-refractivity contribution in [2.75, 3.05) is 0 Å². The lowest BCUT2D eigenvalue weighted by molar-refractivity contribution is -0.129. The van der Waals surface area contributed by atoms with Crippen molar-refractivity contribution in [2.24, 2.45) is 5.92 Å². The number of fused-ring (bicyclic) bond motifs is 1. The number of rotatable bonds is 4. The first-order valence-corrected chi connectivity index (χ1v) is 10.3. The minimum Gasteiger partial charge on any atom is -0.344 e. The predicted octanol–water partition coefficient (Wildman–Crippen LogP) is 2.47. The van der Waals surface area contributed by atoms with Gasteiger partial charge >= 0.3 is 0 Å². The fourth-order valence-corrected chi connectivity index (χ4v) is 5.09. The van der Waals surface area contributed by atoms with Gasteiger partial charge in [-0.1, -0.05) is 19.3 Å². The normalized spacial score (nSPS) is 18.5. The Morgan fingerprint density at radius 1 is 1.04 bits per heavy atom. The summed E-state index contributed by atoms with van der Waals surface area (Å²) < 4.78 is 0. The van der Waals surface area contributed by atoms with Crippen LogP contribution in [0.25, 0.3) is 0 Å². The first-order valence-electron chi connectivity index (χ1n) is 9.53. The predicted molar refractivity (Wildman–Crippen MR) is 101 cm³/mol. The summed E-state index contributed by atoms with van der Waals surface area (Å²) >= 11 is 1.52. The highest BCUT2D eigenvalue weighted by atomic mass is 32.1. The Balaban J connectivity index is 1.58. The Morgan fingerprint density at radius 2 is 1.77 bits per heavy atom. The molecule has 1 atom stereocenters. The largest absolute Gasteiger partial charge is 0.344 e. The number of thiophene rings is 1. The number of amides is 3. The van der Waals surface area contributed by atoms with Crippen molar-refractivity contribution >= 4 is 29.1 Å². The van der Waals surface area contributed by atoms with E-state index in [2.05, 4.69) is 16.2 Å². The van der Waals surface area contributed by atoms with Crippen LogP contribution in [0.3, 0.4) is 0 Å². The molecule has 1 heterocycles. The molecule has 26 heavy (non-hydrogen) atoms. The Labute approximate surface area is 158 Å². The Hall–Kier alpha value is -1.89. The summed E-state index contributed by atoms with van der Waals surface area (Å²) in [5, 5.41) is 2.73. The van der Waals surface area contributed by atoms with Crippen molar-refractivity contribution in [3.63, 3.8) is 0 Å². The SMILES string of the molecule is CC(=O)NC(C(=O)NNC(=O)c1cc2c(s1)CCCCC2)C1CCCC1. The van der Waals surface area contributed by atoms with Crippen LogP contribution in [0, 0.1) is 5.92 Å². The molecule has 1 aromatic heterocycles. The molecule has 1 fully saturated rings. The van der Waals surface area contributed by atoms with Gasteiger partial charge in [-0.25, -0.2) is 0 Å². The Bertz CT molecular complexity index is 656. The lowest BCUT2D eigenvalue weighted by Crippen LogP contribution is -2.54. The molecule has 0 spiro atoms. The fraction of sp³-hybridized carbons (Fsp3) is 0.632. The number of carbonyl (C=O) groups is 3. The van der Waals surface area contributed by atoms with Gasteiger partial charge in [-0.05, 0) is 56.1 Å². The van der Waals surface area contributed by atoms with E-state index >= 15 is 0 Å². The summed E-state index contributed by atoms with van der Waals surface area (Å²) in [6.45, 7) is 1.41. The molecule has 7 heteroatoms. The van der Waals surface area contributed by atoms with Gasteiger partial charge in [-0.15, -0.1) is 11.3 Å². The number of carbonyl (C=O) groups excluding carboxylic acids is 3. The van der Waals surface area contributed by atoms with Gasteiger partial charge in [0.2, 0.25) is 5.91 Å². The van der Waals surface area contributed by atoms with E-state index in [9.17, 15) is 14.4 Å². The molecule has 2 aliphatic carbocycles. The Kier molecular flexibility index (Phi) is 6.29. The summed E-state index contributed by atoms with van der Waals surface area (Å²) in [6.07, 6.45) is 9.62. The molecule has 0 aliphatic heterocycles. The molecule has 1 aromatic rings. The van der Waals surface area contributed by atoms with Gasteiger partial charge in [0.15, 0.2) is 0 Å². The third-order valence-electron chi connectivity index (χ3n) is 5.28.